The molecule has 0 amide bonds. The molecule has 0 bridgehead atoms. The molecule has 178 valence electrons. The van der Waals surface area contributed by atoms with E-state index in [4.69, 9.17) is 0 Å². The number of hydrogen-bond donors (Lipinski definition) is 0. The third-order valence-electron chi connectivity index (χ3n) is 5.92. The smallest absolute Gasteiger partial charge is 0.192 e. The summed E-state index contributed by atoms with van der Waals surface area (Å²) in [5, 5.41) is 37.5. The molecule has 0 aliphatic heterocycles. The topological polar surface area (TPSA) is 120 Å². The summed E-state index contributed by atoms with van der Waals surface area (Å²) < 4.78 is 82.1. The van der Waals surface area contributed by atoms with Crippen molar-refractivity contribution in [3.63, 3.8) is 0 Å². The van der Waals surface area contributed by atoms with Gasteiger partial charge in [-0.2, -0.15) is 57.4 Å². The van der Waals surface area contributed by atoms with E-state index in [1.807, 2.05) is 0 Å². The van der Waals surface area contributed by atoms with E-state index in [9.17, 15) is 47.4 Å². The molecule has 37 heavy (non-hydrogen) atoms. The van der Waals surface area contributed by atoms with Gasteiger partial charge in [-0.3, -0.25) is 0 Å². The molecule has 1 heterocycles. The van der Waals surface area contributed by atoms with Crippen LogP contribution in [0.25, 0.3) is 41.7 Å². The van der Waals surface area contributed by atoms with Crippen LogP contribution >= 0.6 is 11.3 Å². The van der Waals surface area contributed by atoms with Crippen LogP contribution in [0.1, 0.15) is 22.3 Å². The van der Waals surface area contributed by atoms with Gasteiger partial charge in [0.1, 0.15) is 22.9 Å². The highest BCUT2D eigenvalue weighted by Gasteiger charge is 2.37. The molecular formula is C24H4F6N6S. The van der Waals surface area contributed by atoms with Crippen LogP contribution in [-0.4, -0.2) is 0 Å². The number of nitriles is 4. The number of fused-ring (bicyclic) bond motifs is 7. The quantitative estimate of drug-likeness (QED) is 0.189. The lowest BCUT2D eigenvalue weighted by Gasteiger charge is -2.09. The molecule has 5 aromatic rings. The Bertz CT molecular complexity index is 1960. The molecule has 5 rings (SSSR count). The largest absolute Gasteiger partial charge is 0.417 e. The van der Waals surface area contributed by atoms with Crippen molar-refractivity contribution in [2.75, 3.05) is 0 Å². The van der Waals surface area contributed by atoms with Crippen molar-refractivity contribution < 1.29 is 26.3 Å². The summed E-state index contributed by atoms with van der Waals surface area (Å²) in [4.78, 5) is 7.33. The lowest BCUT2D eigenvalue weighted by Crippen LogP contribution is -2.10. The van der Waals surface area contributed by atoms with Gasteiger partial charge in [0, 0.05) is 21.5 Å². The van der Waals surface area contributed by atoms with E-state index in [1.54, 1.807) is 0 Å². The molecule has 6 nitrogen and oxygen atoms in total. The van der Waals surface area contributed by atoms with Gasteiger partial charge >= 0.3 is 12.4 Å². The highest BCUT2D eigenvalue weighted by Crippen LogP contribution is 2.45. The maximum Gasteiger partial charge on any atom is 0.417 e. The Morgan fingerprint density at radius 3 is 1.27 bits per heavy atom. The van der Waals surface area contributed by atoms with Crippen molar-refractivity contribution in [3.05, 3.63) is 57.2 Å². The van der Waals surface area contributed by atoms with Crippen molar-refractivity contribution in [3.8, 4) is 24.5 Å². The molecule has 0 saturated heterocycles. The Hall–Kier alpha value is -4.98. The number of rotatable bonds is 0. The van der Waals surface area contributed by atoms with E-state index in [0.717, 1.165) is 23.5 Å². The van der Waals surface area contributed by atoms with Crippen LogP contribution in [0.5, 0.6) is 0 Å². The van der Waals surface area contributed by atoms with E-state index < -0.39 is 34.6 Å². The molecule has 0 aliphatic rings. The zero-order valence-corrected chi connectivity index (χ0v) is 18.5. The van der Waals surface area contributed by atoms with Crippen molar-refractivity contribution in [2.24, 2.45) is 9.98 Å². The fourth-order valence-electron chi connectivity index (χ4n) is 4.64. The molecule has 0 radical (unpaired) electrons. The first-order valence-corrected chi connectivity index (χ1v) is 10.7. The summed E-state index contributed by atoms with van der Waals surface area (Å²) in [6.07, 6.45) is -6.73. The van der Waals surface area contributed by atoms with Crippen LogP contribution in [0.4, 0.5) is 26.3 Å². The van der Waals surface area contributed by atoms with Crippen molar-refractivity contribution in [1.29, 1.82) is 21.0 Å². The van der Waals surface area contributed by atoms with Crippen LogP contribution in [0.2, 0.25) is 0 Å². The van der Waals surface area contributed by atoms with Crippen LogP contribution in [0.15, 0.2) is 34.3 Å². The molecular weight excluding hydrogens is 518 g/mol. The van der Waals surface area contributed by atoms with E-state index in [-0.39, 0.29) is 52.4 Å². The minimum Gasteiger partial charge on any atom is -0.192 e. The SMILES string of the molecule is N#CN=c1c2sc3c(=NC#N)c4c(C#N)c(C(F)(F)F)ccc4c3c2c2ccc(C(F)(F)F)c(C#N)c12. The highest BCUT2D eigenvalue weighted by molar-refractivity contribution is 7.26. The zero-order valence-electron chi connectivity index (χ0n) is 17.7. The number of hydrogen-bond acceptors (Lipinski definition) is 7. The summed E-state index contributed by atoms with van der Waals surface area (Å²) >= 11 is 0.840. The maximum atomic E-state index is 13.6. The first-order valence-electron chi connectivity index (χ1n) is 9.90. The Labute approximate surface area is 204 Å². The molecule has 0 unspecified atom stereocenters. The molecule has 0 aliphatic carbocycles. The van der Waals surface area contributed by atoms with E-state index in [2.05, 4.69) is 9.98 Å². The predicted octanol–water partition coefficient (Wildman–Crippen LogP) is 5.78. The van der Waals surface area contributed by atoms with Gasteiger partial charge in [-0.05, 0) is 22.9 Å². The van der Waals surface area contributed by atoms with Crippen molar-refractivity contribution in [1.82, 2.24) is 0 Å². The molecule has 0 spiro atoms. The first-order chi connectivity index (χ1) is 17.5. The maximum absolute atomic E-state index is 13.6. The van der Waals surface area contributed by atoms with Crippen LogP contribution < -0.4 is 10.7 Å². The molecule has 0 N–H and O–H groups in total. The van der Waals surface area contributed by atoms with Crippen LogP contribution in [-0.2, 0) is 12.4 Å². The Morgan fingerprint density at radius 2 is 0.973 bits per heavy atom. The fourth-order valence-corrected chi connectivity index (χ4v) is 5.96. The van der Waals surface area contributed by atoms with Gasteiger partial charge in [-0.25, -0.2) is 0 Å². The van der Waals surface area contributed by atoms with Gasteiger partial charge in [-0.1, -0.05) is 12.1 Å². The number of benzene rings is 2. The Morgan fingerprint density at radius 1 is 0.595 bits per heavy atom. The normalized spacial score (nSPS) is 13.4. The van der Waals surface area contributed by atoms with Gasteiger partial charge in [-0.15, -0.1) is 11.3 Å². The molecule has 13 heteroatoms. The Kier molecular flexibility index (Phi) is 4.98. The minimum atomic E-state index is -4.88. The van der Waals surface area contributed by atoms with Crippen LogP contribution in [0.3, 0.4) is 0 Å². The lowest BCUT2D eigenvalue weighted by atomic mass is 9.99. The van der Waals surface area contributed by atoms with Crippen molar-refractivity contribution >= 4 is 53.1 Å². The standard InChI is InChI=1S/C24H4F6N6S/c25-23(26,27)13-3-1-9-15(11(13)5-31)19(35-7-33)21-17(9)18-10-2-4-14(24(28,29)30)12(6-32)16(10)20(36-8-34)22(18)37-21/h1-4H. The number of halogens is 6. The van der Waals surface area contributed by atoms with Gasteiger partial charge in [0.25, 0.3) is 0 Å². The molecule has 0 atom stereocenters. The van der Waals surface area contributed by atoms with Gasteiger partial charge in [0.2, 0.25) is 12.4 Å². The summed E-state index contributed by atoms with van der Waals surface area (Å²) in [6.45, 7) is 0. The van der Waals surface area contributed by atoms with Crippen LogP contribution in [0, 0.1) is 45.6 Å². The number of thiophene rings is 1. The van der Waals surface area contributed by atoms with Crippen molar-refractivity contribution in [2.45, 2.75) is 12.4 Å². The molecule has 4 aromatic carbocycles. The fraction of sp³-hybridized carbons (Fsp3) is 0.0833. The van der Waals surface area contributed by atoms with E-state index in [1.165, 1.54) is 24.5 Å². The Balaban J connectivity index is 2.14. The second kappa shape index (κ2) is 7.76. The van der Waals surface area contributed by atoms with E-state index in [0.29, 0.717) is 12.1 Å². The number of alkyl halides is 6. The predicted molar refractivity (Wildman–Crippen MR) is 119 cm³/mol. The average molecular weight is 522 g/mol. The third-order valence-corrected chi connectivity index (χ3v) is 7.12. The van der Waals surface area contributed by atoms with Gasteiger partial charge in [0.05, 0.1) is 31.7 Å². The average Bonchev–Trinajstić information content (AvgIpc) is 3.45. The first kappa shape index (κ1) is 23.7. The van der Waals surface area contributed by atoms with Gasteiger partial charge < -0.3 is 0 Å². The highest BCUT2D eigenvalue weighted by atomic mass is 32.1. The zero-order chi connectivity index (χ0) is 26.9. The van der Waals surface area contributed by atoms with Gasteiger partial charge in [0.15, 0.2) is 0 Å². The second-order valence-corrected chi connectivity index (χ2v) is 8.69. The molecule has 0 saturated carbocycles. The summed E-state index contributed by atoms with van der Waals surface area (Å²) in [6, 6.07) is 6.66. The third kappa shape index (κ3) is 3.15. The summed E-state index contributed by atoms with van der Waals surface area (Å²) in [5.74, 6) is 0. The monoisotopic (exact) mass is 522 g/mol. The molecule has 1 aromatic heterocycles. The lowest BCUT2D eigenvalue weighted by molar-refractivity contribution is -0.138. The van der Waals surface area contributed by atoms with E-state index >= 15 is 0 Å². The summed E-state index contributed by atoms with van der Waals surface area (Å²) in [7, 11) is 0. The molecule has 0 fully saturated rings. The minimum absolute atomic E-state index is 0.105. The summed E-state index contributed by atoms with van der Waals surface area (Å²) in [5.41, 5.74) is -3.99. The number of nitrogens with zero attached hydrogens (tertiary/aromatic N) is 6. The second-order valence-electron chi connectivity index (χ2n) is 7.67.